The molecular formula is C21H22FN3O3. The van der Waals surface area contributed by atoms with Crippen LogP contribution in [-0.2, 0) is 18.4 Å². The first kappa shape index (κ1) is 18.4. The topological polar surface area (TPSA) is 56.6 Å². The van der Waals surface area contributed by atoms with Gasteiger partial charge in [0.25, 0.3) is 5.91 Å². The summed E-state index contributed by atoms with van der Waals surface area (Å²) in [6.45, 7) is 0.388. The lowest BCUT2D eigenvalue weighted by molar-refractivity contribution is 0.00773. The van der Waals surface area contributed by atoms with Crippen LogP contribution in [-0.4, -0.2) is 52.8 Å². The van der Waals surface area contributed by atoms with Crippen molar-refractivity contribution in [3.63, 3.8) is 0 Å². The standard InChI is InChI=1S/C21H22FN3O3/c1-24-17-9-5-4-8-16(17)23-20(24)13-28-19-12-25(11-15(19)22)21(26)14-7-3-6-10-18(14)27-2/h3-10,15,19H,11-13H2,1-2H3/t15-,19+/m1/s1. The summed E-state index contributed by atoms with van der Waals surface area (Å²) < 4.78 is 27.5. The van der Waals surface area contributed by atoms with E-state index in [0.29, 0.717) is 11.3 Å². The van der Waals surface area contributed by atoms with Gasteiger partial charge in [0.2, 0.25) is 0 Å². The zero-order valence-electron chi connectivity index (χ0n) is 15.8. The molecule has 1 fully saturated rings. The molecule has 3 aromatic rings. The molecule has 0 radical (unpaired) electrons. The maximum atomic E-state index is 14.5. The van der Waals surface area contributed by atoms with Crippen LogP contribution in [0.15, 0.2) is 48.5 Å². The third-order valence-electron chi connectivity index (χ3n) is 5.13. The molecule has 0 bridgehead atoms. The van der Waals surface area contributed by atoms with Crippen LogP contribution < -0.4 is 4.74 Å². The molecule has 4 rings (SSSR count). The Hall–Kier alpha value is -2.93. The van der Waals surface area contributed by atoms with Crippen molar-refractivity contribution >= 4 is 16.9 Å². The second-order valence-electron chi connectivity index (χ2n) is 6.85. The maximum Gasteiger partial charge on any atom is 0.257 e. The first-order valence-corrected chi connectivity index (χ1v) is 9.16. The molecule has 7 heteroatoms. The lowest BCUT2D eigenvalue weighted by atomic mass is 10.2. The summed E-state index contributed by atoms with van der Waals surface area (Å²) in [7, 11) is 3.42. The molecular weight excluding hydrogens is 361 g/mol. The van der Waals surface area contributed by atoms with Crippen molar-refractivity contribution in [3.05, 3.63) is 59.9 Å². The van der Waals surface area contributed by atoms with E-state index >= 15 is 0 Å². The SMILES string of the molecule is COc1ccccc1C(=O)N1C[C@@H](F)[C@@H](OCc2nc3ccccc3n2C)C1. The minimum Gasteiger partial charge on any atom is -0.496 e. The first-order valence-electron chi connectivity index (χ1n) is 9.16. The number of carbonyl (C=O) groups excluding carboxylic acids is 1. The zero-order chi connectivity index (χ0) is 19.7. The van der Waals surface area contributed by atoms with Crippen molar-refractivity contribution in [2.45, 2.75) is 18.9 Å². The molecule has 146 valence electrons. The van der Waals surface area contributed by atoms with Gasteiger partial charge in [-0.05, 0) is 24.3 Å². The van der Waals surface area contributed by atoms with Crippen molar-refractivity contribution in [1.29, 1.82) is 0 Å². The third-order valence-corrected chi connectivity index (χ3v) is 5.13. The predicted molar refractivity (Wildman–Crippen MR) is 103 cm³/mol. The van der Waals surface area contributed by atoms with Gasteiger partial charge in [-0.1, -0.05) is 24.3 Å². The average Bonchev–Trinajstić information content (AvgIpc) is 3.25. The lowest BCUT2D eigenvalue weighted by Gasteiger charge is -2.17. The summed E-state index contributed by atoms with van der Waals surface area (Å²) in [4.78, 5) is 18.8. The van der Waals surface area contributed by atoms with Gasteiger partial charge in [0, 0.05) is 7.05 Å². The number of ether oxygens (including phenoxy) is 2. The fourth-order valence-corrected chi connectivity index (χ4v) is 3.55. The average molecular weight is 383 g/mol. The van der Waals surface area contributed by atoms with E-state index < -0.39 is 12.3 Å². The number of aromatic nitrogens is 2. The summed E-state index contributed by atoms with van der Waals surface area (Å²) in [5.41, 5.74) is 2.30. The summed E-state index contributed by atoms with van der Waals surface area (Å²) >= 11 is 0. The monoisotopic (exact) mass is 383 g/mol. The Labute approximate surface area is 162 Å². The number of benzene rings is 2. The van der Waals surface area contributed by atoms with Crippen molar-refractivity contribution in [2.24, 2.45) is 7.05 Å². The third kappa shape index (κ3) is 3.33. The summed E-state index contributed by atoms with van der Waals surface area (Å²) in [5.74, 6) is 0.948. The summed E-state index contributed by atoms with van der Waals surface area (Å²) in [5, 5.41) is 0. The van der Waals surface area contributed by atoms with Crippen LogP contribution in [0.4, 0.5) is 4.39 Å². The Kier molecular flexibility index (Phi) is 5.00. The lowest BCUT2D eigenvalue weighted by Crippen LogP contribution is -2.30. The van der Waals surface area contributed by atoms with Crippen molar-refractivity contribution < 1.29 is 18.7 Å². The second kappa shape index (κ2) is 7.59. The molecule has 0 spiro atoms. The molecule has 1 amide bonds. The predicted octanol–water partition coefficient (Wildman–Crippen LogP) is 2.96. The molecule has 1 saturated heterocycles. The molecule has 1 aliphatic heterocycles. The highest BCUT2D eigenvalue weighted by molar-refractivity contribution is 5.97. The molecule has 2 heterocycles. The molecule has 6 nitrogen and oxygen atoms in total. The Balaban J connectivity index is 1.44. The Bertz CT molecular complexity index is 1000. The van der Waals surface area contributed by atoms with Gasteiger partial charge in [-0.3, -0.25) is 4.79 Å². The van der Waals surface area contributed by atoms with E-state index in [-0.39, 0.29) is 25.6 Å². The Morgan fingerprint density at radius 2 is 1.93 bits per heavy atom. The minimum atomic E-state index is -1.24. The molecule has 0 unspecified atom stereocenters. The number of rotatable bonds is 5. The zero-order valence-corrected chi connectivity index (χ0v) is 15.8. The number of carbonyl (C=O) groups is 1. The smallest absolute Gasteiger partial charge is 0.257 e. The van der Waals surface area contributed by atoms with Crippen LogP contribution in [0.2, 0.25) is 0 Å². The number of hydrogen-bond donors (Lipinski definition) is 0. The highest BCUT2D eigenvalue weighted by atomic mass is 19.1. The van der Waals surface area contributed by atoms with Crippen molar-refractivity contribution in [3.8, 4) is 5.75 Å². The number of fused-ring (bicyclic) bond motifs is 1. The maximum absolute atomic E-state index is 14.5. The second-order valence-corrected chi connectivity index (χ2v) is 6.85. The molecule has 1 aromatic heterocycles. The molecule has 2 aromatic carbocycles. The van der Waals surface area contributed by atoms with E-state index in [1.807, 2.05) is 35.9 Å². The number of para-hydroxylation sites is 3. The number of nitrogens with zero attached hydrogens (tertiary/aromatic N) is 3. The van der Waals surface area contributed by atoms with Crippen LogP contribution in [0.1, 0.15) is 16.2 Å². The minimum absolute atomic E-state index is 0.00406. The largest absolute Gasteiger partial charge is 0.496 e. The van der Waals surface area contributed by atoms with E-state index in [0.717, 1.165) is 16.9 Å². The van der Waals surface area contributed by atoms with E-state index in [9.17, 15) is 9.18 Å². The number of amides is 1. The van der Waals surface area contributed by atoms with E-state index in [4.69, 9.17) is 9.47 Å². The van der Waals surface area contributed by atoms with Gasteiger partial charge in [-0.2, -0.15) is 0 Å². The molecule has 0 saturated carbocycles. The fraction of sp³-hybridized carbons (Fsp3) is 0.333. The van der Waals surface area contributed by atoms with Gasteiger partial charge in [-0.25, -0.2) is 9.37 Å². The number of alkyl halides is 1. The van der Waals surface area contributed by atoms with Crippen LogP contribution >= 0.6 is 0 Å². The number of halogens is 1. The summed E-state index contributed by atoms with van der Waals surface area (Å²) in [6, 6.07) is 14.7. The number of hydrogen-bond acceptors (Lipinski definition) is 4. The van der Waals surface area contributed by atoms with Gasteiger partial charge in [0.15, 0.2) is 0 Å². The Morgan fingerprint density at radius 1 is 1.18 bits per heavy atom. The van der Waals surface area contributed by atoms with Gasteiger partial charge < -0.3 is 18.9 Å². The highest BCUT2D eigenvalue weighted by Crippen LogP contribution is 2.25. The molecule has 0 aliphatic carbocycles. The fourth-order valence-electron chi connectivity index (χ4n) is 3.55. The van der Waals surface area contributed by atoms with Gasteiger partial charge >= 0.3 is 0 Å². The van der Waals surface area contributed by atoms with E-state index in [1.165, 1.54) is 12.0 Å². The highest BCUT2D eigenvalue weighted by Gasteiger charge is 2.37. The van der Waals surface area contributed by atoms with Crippen LogP contribution in [0, 0.1) is 0 Å². The van der Waals surface area contributed by atoms with Crippen molar-refractivity contribution in [1.82, 2.24) is 14.5 Å². The number of imidazole rings is 1. The number of aryl methyl sites for hydroxylation is 1. The molecule has 1 aliphatic rings. The normalized spacial score (nSPS) is 19.3. The van der Waals surface area contributed by atoms with Gasteiger partial charge in [-0.15, -0.1) is 0 Å². The van der Waals surface area contributed by atoms with E-state index in [1.54, 1.807) is 24.3 Å². The van der Waals surface area contributed by atoms with Crippen LogP contribution in [0.5, 0.6) is 5.75 Å². The van der Waals surface area contributed by atoms with Gasteiger partial charge in [0.1, 0.15) is 30.5 Å². The van der Waals surface area contributed by atoms with Crippen molar-refractivity contribution in [2.75, 3.05) is 20.2 Å². The molecule has 0 N–H and O–H groups in total. The number of likely N-dealkylation sites (tertiary alicyclic amines) is 1. The van der Waals surface area contributed by atoms with Crippen LogP contribution in [0.3, 0.4) is 0 Å². The van der Waals surface area contributed by atoms with E-state index in [2.05, 4.69) is 4.98 Å². The molecule has 2 atom stereocenters. The Morgan fingerprint density at radius 3 is 2.71 bits per heavy atom. The first-order chi connectivity index (χ1) is 13.6. The summed E-state index contributed by atoms with van der Waals surface area (Å²) in [6.07, 6.45) is -1.92. The van der Waals surface area contributed by atoms with Crippen LogP contribution in [0.25, 0.3) is 11.0 Å². The molecule has 28 heavy (non-hydrogen) atoms. The quantitative estimate of drug-likeness (QED) is 0.680. The number of methoxy groups -OCH3 is 1. The van der Waals surface area contributed by atoms with Gasteiger partial charge in [0.05, 0.1) is 36.8 Å².